The van der Waals surface area contributed by atoms with E-state index in [1.165, 1.54) is 19.1 Å². The minimum atomic E-state index is -1.15. The minimum absolute atomic E-state index is 0.178. The summed E-state index contributed by atoms with van der Waals surface area (Å²) in [6.07, 6.45) is 0.535. The maximum absolute atomic E-state index is 13.3. The van der Waals surface area contributed by atoms with Gasteiger partial charge in [-0.15, -0.1) is 0 Å². The van der Waals surface area contributed by atoms with Gasteiger partial charge in [-0.1, -0.05) is 15.9 Å². The molecular weight excluding hydrogens is 303 g/mol. The number of halogens is 2. The van der Waals surface area contributed by atoms with Crippen molar-refractivity contribution in [3.63, 3.8) is 0 Å². The van der Waals surface area contributed by atoms with Crippen molar-refractivity contribution in [1.82, 2.24) is 0 Å². The zero-order valence-corrected chi connectivity index (χ0v) is 11.4. The number of rotatable bonds is 3. The van der Waals surface area contributed by atoms with Gasteiger partial charge in [0.1, 0.15) is 17.0 Å². The van der Waals surface area contributed by atoms with E-state index in [1.54, 1.807) is 6.07 Å². The molecule has 0 saturated carbocycles. The predicted molar refractivity (Wildman–Crippen MR) is 66.5 cm³/mol. The molecule has 1 saturated heterocycles. The third-order valence-corrected chi connectivity index (χ3v) is 3.71. The van der Waals surface area contributed by atoms with Crippen molar-refractivity contribution in [2.24, 2.45) is 5.41 Å². The Bertz CT molecular complexity index is 495. The van der Waals surface area contributed by atoms with Crippen molar-refractivity contribution < 1.29 is 18.7 Å². The van der Waals surface area contributed by atoms with Crippen LogP contribution in [-0.2, 0) is 20.7 Å². The minimum Gasteiger partial charge on any atom is -0.465 e. The topological polar surface area (TPSA) is 43.4 Å². The molecule has 3 nitrogen and oxygen atoms in total. The summed E-state index contributed by atoms with van der Waals surface area (Å²) in [6, 6.07) is 4.37. The van der Waals surface area contributed by atoms with Gasteiger partial charge in [0.15, 0.2) is 0 Å². The average Bonchev–Trinajstić information content (AvgIpc) is 2.59. The summed E-state index contributed by atoms with van der Waals surface area (Å²) < 4.78 is 18.8. The number of hydrogen-bond acceptors (Lipinski definition) is 3. The van der Waals surface area contributed by atoms with Crippen LogP contribution >= 0.6 is 15.9 Å². The largest absolute Gasteiger partial charge is 0.465 e. The number of esters is 1. The van der Waals surface area contributed by atoms with E-state index >= 15 is 0 Å². The van der Waals surface area contributed by atoms with Gasteiger partial charge < -0.3 is 4.74 Å². The highest BCUT2D eigenvalue weighted by atomic mass is 79.9. The fourth-order valence-corrected chi connectivity index (χ4v) is 2.74. The quantitative estimate of drug-likeness (QED) is 0.636. The van der Waals surface area contributed by atoms with Crippen LogP contribution in [0, 0.1) is 11.2 Å². The van der Waals surface area contributed by atoms with Gasteiger partial charge in [-0.05, 0) is 37.1 Å². The Morgan fingerprint density at radius 3 is 2.72 bits per heavy atom. The summed E-state index contributed by atoms with van der Waals surface area (Å²) >= 11 is 3.19. The number of carbonyl (C=O) groups is 2. The van der Waals surface area contributed by atoms with Crippen molar-refractivity contribution in [3.05, 3.63) is 34.1 Å². The Morgan fingerprint density at radius 2 is 2.22 bits per heavy atom. The zero-order chi connectivity index (χ0) is 13.3. The molecule has 1 unspecified atom stereocenters. The van der Waals surface area contributed by atoms with Gasteiger partial charge in [-0.2, -0.15) is 0 Å². The Morgan fingerprint density at radius 1 is 1.50 bits per heavy atom. The first-order chi connectivity index (χ1) is 8.44. The van der Waals surface area contributed by atoms with E-state index in [4.69, 9.17) is 4.74 Å². The van der Waals surface area contributed by atoms with Crippen molar-refractivity contribution in [2.75, 3.05) is 6.61 Å². The number of hydrogen-bond donors (Lipinski definition) is 0. The van der Waals surface area contributed by atoms with Crippen molar-refractivity contribution >= 4 is 27.7 Å². The fourth-order valence-electron chi connectivity index (χ4n) is 2.22. The van der Waals surface area contributed by atoms with Gasteiger partial charge in [0, 0.05) is 10.9 Å². The molecule has 0 aliphatic carbocycles. The molecule has 96 valence electrons. The molecule has 1 aromatic carbocycles. The molecule has 0 aromatic heterocycles. The molecule has 0 radical (unpaired) electrons. The Labute approximate surface area is 112 Å². The first-order valence-electron chi connectivity index (χ1n) is 5.57. The summed E-state index contributed by atoms with van der Waals surface area (Å²) in [6.45, 7) is 1.62. The van der Waals surface area contributed by atoms with E-state index in [0.29, 0.717) is 16.5 Å². The summed E-state index contributed by atoms with van der Waals surface area (Å²) in [5, 5.41) is 0. The molecule has 0 amide bonds. The van der Waals surface area contributed by atoms with Gasteiger partial charge >= 0.3 is 5.97 Å². The number of Topliss-reactive ketones (excluding diaryl/α,β-unsaturated/α-hetero) is 1. The lowest BCUT2D eigenvalue weighted by molar-refractivity contribution is -0.150. The second-order valence-electron chi connectivity index (χ2n) is 4.48. The highest BCUT2D eigenvalue weighted by Gasteiger charge is 2.48. The highest BCUT2D eigenvalue weighted by molar-refractivity contribution is 9.10. The summed E-state index contributed by atoms with van der Waals surface area (Å²) in [7, 11) is 0. The van der Waals surface area contributed by atoms with E-state index in [-0.39, 0.29) is 18.8 Å². The number of ketones is 1. The molecule has 1 aromatic rings. The molecular formula is C13H12BrFO3. The van der Waals surface area contributed by atoms with Crippen LogP contribution in [0.25, 0.3) is 0 Å². The fraction of sp³-hybridized carbons (Fsp3) is 0.385. The van der Waals surface area contributed by atoms with Crippen molar-refractivity contribution in [2.45, 2.75) is 19.8 Å². The third kappa shape index (κ3) is 2.32. The van der Waals surface area contributed by atoms with E-state index < -0.39 is 17.2 Å². The van der Waals surface area contributed by atoms with Crippen LogP contribution in [-0.4, -0.2) is 18.4 Å². The van der Waals surface area contributed by atoms with Gasteiger partial charge in [0.2, 0.25) is 0 Å². The third-order valence-electron chi connectivity index (χ3n) is 3.25. The number of carbonyl (C=O) groups excluding carboxylic acids is 2. The second kappa shape index (κ2) is 4.80. The van der Waals surface area contributed by atoms with Gasteiger partial charge in [-0.3, -0.25) is 9.59 Å². The van der Waals surface area contributed by atoms with Crippen LogP contribution in [0.5, 0.6) is 0 Å². The van der Waals surface area contributed by atoms with E-state index in [0.717, 1.165) is 0 Å². The first-order valence-corrected chi connectivity index (χ1v) is 6.36. The van der Waals surface area contributed by atoms with Gasteiger partial charge in [-0.25, -0.2) is 4.39 Å². The van der Waals surface area contributed by atoms with E-state index in [2.05, 4.69) is 15.9 Å². The number of ether oxygens (including phenoxy) is 1. The van der Waals surface area contributed by atoms with Gasteiger partial charge in [0.25, 0.3) is 0 Å². The number of benzene rings is 1. The molecule has 0 N–H and O–H groups in total. The van der Waals surface area contributed by atoms with Gasteiger partial charge in [0.05, 0.1) is 6.61 Å². The molecule has 1 fully saturated rings. The van der Waals surface area contributed by atoms with E-state index in [1.807, 2.05) is 0 Å². The van der Waals surface area contributed by atoms with Crippen LogP contribution < -0.4 is 0 Å². The van der Waals surface area contributed by atoms with Crippen LogP contribution in [0.2, 0.25) is 0 Å². The summed E-state index contributed by atoms with van der Waals surface area (Å²) in [4.78, 5) is 23.5. The maximum atomic E-state index is 13.3. The average molecular weight is 315 g/mol. The zero-order valence-electron chi connectivity index (χ0n) is 9.83. The lowest BCUT2D eigenvalue weighted by Gasteiger charge is -2.21. The molecule has 18 heavy (non-hydrogen) atoms. The molecule has 2 rings (SSSR count). The maximum Gasteiger partial charge on any atom is 0.320 e. The first kappa shape index (κ1) is 13.2. The predicted octanol–water partition coefficient (Wildman–Crippen LogP) is 2.65. The highest BCUT2D eigenvalue weighted by Crippen LogP contribution is 2.35. The standard InChI is InChI=1S/C13H12BrFO3/c1-8(16)13(2-3-18-12(13)17)7-9-4-10(14)6-11(15)5-9/h4-6H,2-3,7H2,1H3. The second-order valence-corrected chi connectivity index (χ2v) is 5.39. The molecule has 1 atom stereocenters. The Kier molecular flexibility index (Phi) is 3.52. The molecule has 5 heteroatoms. The molecule has 1 heterocycles. The lowest BCUT2D eigenvalue weighted by atomic mass is 9.77. The monoisotopic (exact) mass is 314 g/mol. The van der Waals surface area contributed by atoms with Crippen molar-refractivity contribution in [1.29, 1.82) is 0 Å². The molecule has 1 aliphatic heterocycles. The number of cyclic esters (lactones) is 1. The normalized spacial score (nSPS) is 22.9. The SMILES string of the molecule is CC(=O)C1(Cc2cc(F)cc(Br)c2)CCOC1=O. The van der Waals surface area contributed by atoms with Crippen molar-refractivity contribution in [3.8, 4) is 0 Å². The van der Waals surface area contributed by atoms with Crippen LogP contribution in [0.1, 0.15) is 18.9 Å². The Balaban J connectivity index is 2.35. The van der Waals surface area contributed by atoms with E-state index in [9.17, 15) is 14.0 Å². The smallest absolute Gasteiger partial charge is 0.320 e. The van der Waals surface area contributed by atoms with Crippen LogP contribution in [0.15, 0.2) is 22.7 Å². The van der Waals surface area contributed by atoms with Crippen LogP contribution in [0.4, 0.5) is 4.39 Å². The summed E-state index contributed by atoms with van der Waals surface area (Å²) in [5.41, 5.74) is -0.538. The van der Waals surface area contributed by atoms with Crippen LogP contribution in [0.3, 0.4) is 0 Å². The summed E-state index contributed by atoms with van der Waals surface area (Å²) in [5.74, 6) is -1.13. The Hall–Kier alpha value is -1.23. The molecule has 1 aliphatic rings. The molecule has 0 bridgehead atoms. The lowest BCUT2D eigenvalue weighted by Crippen LogP contribution is -2.36. The molecule has 0 spiro atoms.